The van der Waals surface area contributed by atoms with E-state index in [0.717, 1.165) is 30.0 Å². The largest absolute Gasteiger partial charge is 0.464 e. The molecule has 2 rings (SSSR count). The summed E-state index contributed by atoms with van der Waals surface area (Å²) >= 11 is 0. The van der Waals surface area contributed by atoms with Crippen molar-refractivity contribution in [3.8, 4) is 5.69 Å². The fourth-order valence-corrected chi connectivity index (χ4v) is 1.58. The number of carbonyl (C=O) groups is 1. The normalized spacial score (nSPS) is 10.2. The quantitative estimate of drug-likeness (QED) is 0.476. The Bertz CT molecular complexity index is 787. The number of hydrogen-bond donors (Lipinski definition) is 0. The number of hydrogen-bond acceptors (Lipinski definition) is 6. The van der Waals surface area contributed by atoms with Gasteiger partial charge >= 0.3 is 11.7 Å². The van der Waals surface area contributed by atoms with Gasteiger partial charge in [0.2, 0.25) is 16.9 Å². The summed E-state index contributed by atoms with van der Waals surface area (Å²) in [6.45, 7) is 0. The van der Waals surface area contributed by atoms with E-state index in [-0.39, 0.29) is 5.69 Å². The second-order valence-electron chi connectivity index (χ2n) is 3.86. The van der Waals surface area contributed by atoms with Gasteiger partial charge in [-0.2, -0.15) is 9.49 Å². The van der Waals surface area contributed by atoms with Crippen molar-refractivity contribution in [2.24, 2.45) is 0 Å². The lowest BCUT2D eigenvalue weighted by atomic mass is 10.2. The molecule has 0 unspecified atom stereocenters. The SMILES string of the molecule is COC(=O)c1nn(-c2ccc([N+](=O)[O-])c(F)c2)ccc1=O. The molecule has 1 heterocycles. The topological polar surface area (TPSA) is 104 Å². The predicted molar refractivity (Wildman–Crippen MR) is 67.8 cm³/mol. The second-order valence-corrected chi connectivity index (χ2v) is 3.86. The molecule has 108 valence electrons. The first-order chi connectivity index (χ1) is 9.93. The highest BCUT2D eigenvalue weighted by Gasteiger charge is 2.16. The Morgan fingerprint density at radius 2 is 2.14 bits per heavy atom. The van der Waals surface area contributed by atoms with Gasteiger partial charge in [0.25, 0.3) is 0 Å². The summed E-state index contributed by atoms with van der Waals surface area (Å²) in [4.78, 5) is 32.5. The molecular weight excluding hydrogens is 285 g/mol. The highest BCUT2D eigenvalue weighted by molar-refractivity contribution is 5.86. The Morgan fingerprint density at radius 3 is 2.71 bits per heavy atom. The number of esters is 1. The molecular formula is C12H8FN3O5. The number of ether oxygens (including phenoxy) is 1. The van der Waals surface area contributed by atoms with Crippen molar-refractivity contribution in [3.05, 3.63) is 62.3 Å². The highest BCUT2D eigenvalue weighted by Crippen LogP contribution is 2.19. The maximum atomic E-state index is 13.6. The van der Waals surface area contributed by atoms with Crippen molar-refractivity contribution in [1.82, 2.24) is 9.78 Å². The summed E-state index contributed by atoms with van der Waals surface area (Å²) in [5, 5.41) is 14.3. The molecule has 0 spiro atoms. The summed E-state index contributed by atoms with van der Waals surface area (Å²) < 4.78 is 19.0. The van der Waals surface area contributed by atoms with E-state index >= 15 is 0 Å². The van der Waals surface area contributed by atoms with Gasteiger partial charge in [-0.1, -0.05) is 0 Å². The van der Waals surface area contributed by atoms with Crippen LogP contribution in [0.2, 0.25) is 0 Å². The van der Waals surface area contributed by atoms with Crippen molar-refractivity contribution in [3.63, 3.8) is 0 Å². The van der Waals surface area contributed by atoms with Gasteiger partial charge in [-0.15, -0.1) is 0 Å². The third-order valence-corrected chi connectivity index (χ3v) is 2.58. The first-order valence-electron chi connectivity index (χ1n) is 5.56. The van der Waals surface area contributed by atoms with E-state index in [1.165, 1.54) is 12.3 Å². The minimum atomic E-state index is -1.06. The van der Waals surface area contributed by atoms with Crippen LogP contribution in [0.5, 0.6) is 0 Å². The molecule has 0 saturated heterocycles. The maximum Gasteiger partial charge on any atom is 0.362 e. The number of aromatic nitrogens is 2. The highest BCUT2D eigenvalue weighted by atomic mass is 19.1. The lowest BCUT2D eigenvalue weighted by Crippen LogP contribution is -2.21. The standard InChI is InChI=1S/C12H8FN3O5/c1-21-12(18)11-10(17)4-5-15(14-11)7-2-3-9(16(19)20)8(13)6-7/h2-6H,1H3. The molecule has 0 amide bonds. The molecule has 0 fully saturated rings. The maximum absolute atomic E-state index is 13.6. The second kappa shape index (κ2) is 5.49. The van der Waals surface area contributed by atoms with Crippen molar-refractivity contribution >= 4 is 11.7 Å². The molecule has 0 N–H and O–H groups in total. The Kier molecular flexibility index (Phi) is 3.74. The molecule has 0 aliphatic carbocycles. The van der Waals surface area contributed by atoms with E-state index in [9.17, 15) is 24.1 Å². The first kappa shape index (κ1) is 14.3. The van der Waals surface area contributed by atoms with Crippen LogP contribution >= 0.6 is 0 Å². The van der Waals surface area contributed by atoms with Gasteiger partial charge < -0.3 is 4.74 Å². The van der Waals surface area contributed by atoms with Gasteiger partial charge in [0.05, 0.1) is 17.7 Å². The summed E-state index contributed by atoms with van der Waals surface area (Å²) in [5.74, 6) is -1.99. The monoisotopic (exact) mass is 293 g/mol. The predicted octanol–water partition coefficient (Wildman–Crippen LogP) is 1.07. The summed E-state index contributed by atoms with van der Waals surface area (Å²) in [5.41, 5.74) is -1.70. The van der Waals surface area contributed by atoms with Crippen LogP contribution in [0, 0.1) is 15.9 Å². The fraction of sp³-hybridized carbons (Fsp3) is 0.0833. The Morgan fingerprint density at radius 1 is 1.43 bits per heavy atom. The zero-order valence-corrected chi connectivity index (χ0v) is 10.6. The van der Waals surface area contributed by atoms with Gasteiger partial charge in [0.15, 0.2) is 0 Å². The number of benzene rings is 1. The third-order valence-electron chi connectivity index (χ3n) is 2.58. The Balaban J connectivity index is 2.52. The third kappa shape index (κ3) is 2.76. The molecule has 0 saturated carbocycles. The van der Waals surface area contributed by atoms with E-state index in [2.05, 4.69) is 9.84 Å². The lowest BCUT2D eigenvalue weighted by Gasteiger charge is -2.06. The number of nitro groups is 1. The van der Waals surface area contributed by atoms with E-state index in [0.29, 0.717) is 0 Å². The van der Waals surface area contributed by atoms with Crippen LogP contribution in [0.1, 0.15) is 10.5 Å². The number of halogens is 1. The van der Waals surface area contributed by atoms with Gasteiger partial charge in [-0.3, -0.25) is 14.9 Å². The number of methoxy groups -OCH3 is 1. The van der Waals surface area contributed by atoms with Crippen LogP contribution in [0.15, 0.2) is 35.3 Å². The Labute approximate surface area is 116 Å². The van der Waals surface area contributed by atoms with Crippen molar-refractivity contribution in [2.75, 3.05) is 7.11 Å². The van der Waals surface area contributed by atoms with Gasteiger partial charge in [-0.05, 0) is 6.07 Å². The van der Waals surface area contributed by atoms with E-state index in [1.807, 2.05) is 0 Å². The molecule has 2 aromatic rings. The molecule has 1 aromatic carbocycles. The summed E-state index contributed by atoms with van der Waals surface area (Å²) in [7, 11) is 1.09. The summed E-state index contributed by atoms with van der Waals surface area (Å²) in [6.07, 6.45) is 1.20. The fourth-order valence-electron chi connectivity index (χ4n) is 1.58. The smallest absolute Gasteiger partial charge is 0.362 e. The average molecular weight is 293 g/mol. The van der Waals surface area contributed by atoms with E-state index in [1.54, 1.807) is 0 Å². The Hall–Kier alpha value is -3.10. The molecule has 21 heavy (non-hydrogen) atoms. The molecule has 0 aliphatic rings. The number of rotatable bonds is 3. The van der Waals surface area contributed by atoms with Crippen LogP contribution in [-0.2, 0) is 4.74 Å². The van der Waals surface area contributed by atoms with Crippen LogP contribution in [-0.4, -0.2) is 27.8 Å². The first-order valence-corrected chi connectivity index (χ1v) is 5.56. The van der Waals surface area contributed by atoms with Crippen molar-refractivity contribution in [2.45, 2.75) is 0 Å². The molecule has 0 aliphatic heterocycles. The van der Waals surface area contributed by atoms with Gasteiger partial charge in [0, 0.05) is 24.4 Å². The van der Waals surface area contributed by atoms with E-state index in [4.69, 9.17) is 0 Å². The molecule has 0 bridgehead atoms. The zero-order chi connectivity index (χ0) is 15.6. The summed E-state index contributed by atoms with van der Waals surface area (Å²) in [6, 6.07) is 4.12. The number of nitrogens with zero attached hydrogens (tertiary/aromatic N) is 3. The van der Waals surface area contributed by atoms with Gasteiger partial charge in [-0.25, -0.2) is 9.48 Å². The van der Waals surface area contributed by atoms with E-state index < -0.39 is 33.5 Å². The molecule has 0 atom stereocenters. The molecule has 1 aromatic heterocycles. The van der Waals surface area contributed by atoms with Crippen LogP contribution < -0.4 is 5.43 Å². The number of nitro benzene ring substituents is 1. The average Bonchev–Trinajstić information content (AvgIpc) is 2.46. The van der Waals surface area contributed by atoms with Crippen molar-refractivity contribution in [1.29, 1.82) is 0 Å². The minimum Gasteiger partial charge on any atom is -0.464 e. The van der Waals surface area contributed by atoms with Crippen LogP contribution in [0.25, 0.3) is 5.69 Å². The molecule has 8 nitrogen and oxygen atoms in total. The lowest BCUT2D eigenvalue weighted by molar-refractivity contribution is -0.387. The minimum absolute atomic E-state index is 0.114. The zero-order valence-electron chi connectivity index (χ0n) is 10.6. The number of carbonyl (C=O) groups excluding carboxylic acids is 1. The van der Waals surface area contributed by atoms with Crippen molar-refractivity contribution < 1.29 is 18.8 Å². The molecule has 0 radical (unpaired) electrons. The van der Waals surface area contributed by atoms with Gasteiger partial charge in [0.1, 0.15) is 0 Å². The molecule has 9 heteroatoms. The van der Waals surface area contributed by atoms with Crippen LogP contribution in [0.3, 0.4) is 0 Å². The van der Waals surface area contributed by atoms with Crippen LogP contribution in [0.4, 0.5) is 10.1 Å².